The molecule has 1 aromatic carbocycles. The second kappa shape index (κ2) is 6.72. The zero-order valence-corrected chi connectivity index (χ0v) is 11.1. The molecule has 0 unspecified atom stereocenters. The molecule has 1 aromatic heterocycles. The van der Waals surface area contributed by atoms with Gasteiger partial charge in [0.25, 0.3) is 0 Å². The Kier molecular flexibility index (Phi) is 5.28. The molecular weight excluding hydrogens is 268 g/mol. The summed E-state index contributed by atoms with van der Waals surface area (Å²) in [6, 6.07) is 15.1. The number of rotatable bonds is 2. The van der Waals surface area contributed by atoms with Crippen LogP contribution in [0.1, 0.15) is 0 Å². The van der Waals surface area contributed by atoms with Gasteiger partial charge in [-0.3, -0.25) is 0 Å². The van der Waals surface area contributed by atoms with E-state index in [0.717, 1.165) is 5.75 Å². The van der Waals surface area contributed by atoms with Crippen molar-refractivity contribution in [3.63, 3.8) is 0 Å². The Morgan fingerprint density at radius 3 is 2.16 bits per heavy atom. The van der Waals surface area contributed by atoms with Gasteiger partial charge in [-0.05, 0) is 18.2 Å². The van der Waals surface area contributed by atoms with Gasteiger partial charge in [0.1, 0.15) is 5.75 Å². The number of nitrogens with zero attached hydrogens (tertiary/aromatic N) is 1. The fourth-order valence-corrected chi connectivity index (χ4v) is 1.14. The maximum atomic E-state index is 9.08. The van der Waals surface area contributed by atoms with Crippen molar-refractivity contribution in [2.24, 2.45) is 0 Å². The van der Waals surface area contributed by atoms with Crippen LogP contribution in [0.15, 0.2) is 54.7 Å². The molecule has 1 heterocycles. The molecule has 102 valence electrons. The first-order valence-electron chi connectivity index (χ1n) is 5.26. The summed E-state index contributed by atoms with van der Waals surface area (Å²) >= 11 is 0. The summed E-state index contributed by atoms with van der Waals surface area (Å²) < 4.78 is 34.2. The summed E-state index contributed by atoms with van der Waals surface area (Å²) in [7, 11) is -3.92. The van der Waals surface area contributed by atoms with Crippen LogP contribution in [0.5, 0.6) is 11.6 Å². The lowest BCUT2D eigenvalue weighted by Crippen LogP contribution is -2.44. The first kappa shape index (κ1) is 14.9. The molecule has 2 rings (SSSR count). The molecule has 2 aromatic rings. The number of aromatic nitrogens is 1. The minimum Gasteiger partial charge on any atom is -0.748 e. The fourth-order valence-electron chi connectivity index (χ4n) is 1.14. The van der Waals surface area contributed by atoms with Crippen LogP contribution in [0.2, 0.25) is 0 Å². The van der Waals surface area contributed by atoms with Crippen LogP contribution in [-0.2, 0) is 10.1 Å². The SMILES string of the molecule is CS(=O)(=O)[O-].N[n+]1ccccc1Oc1ccccc1. The lowest BCUT2D eigenvalue weighted by atomic mass is 10.3. The molecule has 0 radical (unpaired) electrons. The number of nitrogen functional groups attached to an aromatic ring is 1. The van der Waals surface area contributed by atoms with E-state index in [9.17, 15) is 0 Å². The summed E-state index contributed by atoms with van der Waals surface area (Å²) in [6.07, 6.45) is 2.34. The van der Waals surface area contributed by atoms with Gasteiger partial charge in [0.2, 0.25) is 6.20 Å². The Hall–Kier alpha value is -2.12. The van der Waals surface area contributed by atoms with E-state index in [1.807, 2.05) is 48.5 Å². The van der Waals surface area contributed by atoms with Crippen LogP contribution in [-0.4, -0.2) is 19.2 Å². The zero-order valence-electron chi connectivity index (χ0n) is 10.3. The smallest absolute Gasteiger partial charge is 0.401 e. The number of para-hydroxylation sites is 1. The highest BCUT2D eigenvalue weighted by Gasteiger charge is 2.07. The van der Waals surface area contributed by atoms with Crippen LogP contribution in [0.4, 0.5) is 0 Å². The molecule has 0 amide bonds. The monoisotopic (exact) mass is 282 g/mol. The highest BCUT2D eigenvalue weighted by Crippen LogP contribution is 2.15. The van der Waals surface area contributed by atoms with Gasteiger partial charge >= 0.3 is 5.88 Å². The van der Waals surface area contributed by atoms with Crippen molar-refractivity contribution >= 4 is 10.1 Å². The molecular formula is C12H14N2O4S. The summed E-state index contributed by atoms with van der Waals surface area (Å²) in [5.41, 5.74) is 0. The number of benzene rings is 1. The standard InChI is InChI=1S/C11H11N2O.CH4O3S/c12-13-9-5-4-8-11(13)14-10-6-2-1-3-7-10;1-5(2,3)4/h1-9H,12H2;1H3,(H,2,3,4)/q+1;/p-1. The first-order valence-corrected chi connectivity index (χ1v) is 7.07. The number of ether oxygens (including phenoxy) is 1. The van der Waals surface area contributed by atoms with Gasteiger partial charge in [0.05, 0.1) is 16.2 Å². The van der Waals surface area contributed by atoms with Crippen LogP contribution in [0.25, 0.3) is 0 Å². The van der Waals surface area contributed by atoms with Crippen LogP contribution < -0.4 is 15.3 Å². The topological polar surface area (TPSA) is 96.3 Å². The van der Waals surface area contributed by atoms with E-state index < -0.39 is 10.1 Å². The van der Waals surface area contributed by atoms with Crippen molar-refractivity contribution in [2.75, 3.05) is 12.1 Å². The fraction of sp³-hybridized carbons (Fsp3) is 0.0833. The van der Waals surface area contributed by atoms with Crippen molar-refractivity contribution in [1.82, 2.24) is 0 Å². The van der Waals surface area contributed by atoms with Crippen LogP contribution in [0.3, 0.4) is 0 Å². The number of pyridine rings is 1. The Labute approximate surface area is 111 Å². The second-order valence-corrected chi connectivity index (χ2v) is 4.97. The van der Waals surface area contributed by atoms with Crippen molar-refractivity contribution in [2.45, 2.75) is 0 Å². The molecule has 19 heavy (non-hydrogen) atoms. The Morgan fingerprint density at radius 1 is 1.11 bits per heavy atom. The van der Waals surface area contributed by atoms with Gasteiger partial charge in [-0.15, -0.1) is 0 Å². The van der Waals surface area contributed by atoms with E-state index in [-0.39, 0.29) is 0 Å². The van der Waals surface area contributed by atoms with Gasteiger partial charge in [0.15, 0.2) is 0 Å². The summed E-state index contributed by atoms with van der Waals surface area (Å²) in [4.78, 5) is 0. The molecule has 0 aliphatic carbocycles. The van der Waals surface area contributed by atoms with E-state index in [2.05, 4.69) is 0 Å². The Balaban J connectivity index is 0.000000312. The third kappa shape index (κ3) is 7.02. The highest BCUT2D eigenvalue weighted by molar-refractivity contribution is 7.84. The Morgan fingerprint density at radius 2 is 1.63 bits per heavy atom. The first-order chi connectivity index (χ1) is 8.86. The van der Waals surface area contributed by atoms with E-state index in [4.69, 9.17) is 23.6 Å². The van der Waals surface area contributed by atoms with Crippen molar-refractivity contribution in [3.05, 3.63) is 54.7 Å². The zero-order chi connectivity index (χ0) is 14.3. The molecule has 7 heteroatoms. The van der Waals surface area contributed by atoms with E-state index in [1.165, 1.54) is 4.68 Å². The van der Waals surface area contributed by atoms with Crippen molar-refractivity contribution in [3.8, 4) is 11.6 Å². The lowest BCUT2D eigenvalue weighted by molar-refractivity contribution is -0.643. The van der Waals surface area contributed by atoms with Crippen molar-refractivity contribution in [1.29, 1.82) is 0 Å². The molecule has 6 nitrogen and oxygen atoms in total. The third-order valence-electron chi connectivity index (χ3n) is 1.82. The molecule has 2 N–H and O–H groups in total. The normalized spacial score (nSPS) is 10.2. The predicted molar refractivity (Wildman–Crippen MR) is 68.9 cm³/mol. The molecule has 0 saturated heterocycles. The summed E-state index contributed by atoms with van der Waals surface area (Å²) in [6.45, 7) is 0. The number of hydrogen-bond donors (Lipinski definition) is 1. The van der Waals surface area contributed by atoms with Gasteiger partial charge in [-0.25, -0.2) is 14.3 Å². The third-order valence-corrected chi connectivity index (χ3v) is 1.82. The minimum absolute atomic E-state index is 0.604. The largest absolute Gasteiger partial charge is 0.748 e. The molecule has 0 bridgehead atoms. The summed E-state index contributed by atoms with van der Waals surface area (Å²) in [5.74, 6) is 7.05. The molecule has 0 atom stereocenters. The number of hydrogen-bond acceptors (Lipinski definition) is 5. The van der Waals surface area contributed by atoms with Crippen LogP contribution >= 0.6 is 0 Å². The van der Waals surface area contributed by atoms with Gasteiger partial charge in [0, 0.05) is 12.3 Å². The van der Waals surface area contributed by atoms with E-state index in [1.54, 1.807) is 6.20 Å². The lowest BCUT2D eigenvalue weighted by Gasteiger charge is -2.00. The average Bonchev–Trinajstić information content (AvgIpc) is 2.31. The summed E-state index contributed by atoms with van der Waals surface area (Å²) in [5, 5.41) is 0. The maximum absolute atomic E-state index is 9.08. The van der Waals surface area contributed by atoms with Gasteiger partial charge in [-0.2, -0.15) is 0 Å². The molecule has 0 spiro atoms. The van der Waals surface area contributed by atoms with Gasteiger partial charge < -0.3 is 9.29 Å². The van der Waals surface area contributed by atoms with Crippen molar-refractivity contribution < 1.29 is 22.4 Å². The Bertz CT molecular complexity index is 607. The number of nitrogens with two attached hydrogens (primary N) is 1. The minimum atomic E-state index is -3.92. The van der Waals surface area contributed by atoms with E-state index >= 15 is 0 Å². The quantitative estimate of drug-likeness (QED) is 0.495. The van der Waals surface area contributed by atoms with Gasteiger partial charge in [-0.1, -0.05) is 22.9 Å². The molecule has 0 fully saturated rings. The second-order valence-electron chi connectivity index (χ2n) is 3.57. The molecule has 0 aliphatic heterocycles. The van der Waals surface area contributed by atoms with E-state index in [0.29, 0.717) is 12.1 Å². The average molecular weight is 282 g/mol. The highest BCUT2D eigenvalue weighted by atomic mass is 32.2. The maximum Gasteiger partial charge on any atom is 0.401 e. The van der Waals surface area contributed by atoms with Crippen LogP contribution in [0, 0.1) is 0 Å². The predicted octanol–water partition coefficient (Wildman–Crippen LogP) is 0.642. The molecule has 0 aliphatic rings. The molecule has 0 saturated carbocycles.